The van der Waals surface area contributed by atoms with Crippen LogP contribution in [0.2, 0.25) is 0 Å². The fourth-order valence-corrected chi connectivity index (χ4v) is 3.78. The van der Waals surface area contributed by atoms with Gasteiger partial charge in [0.1, 0.15) is 11.5 Å². The largest absolute Gasteiger partial charge is 0.497 e. The molecule has 0 atom stereocenters. The minimum atomic E-state index is -0.599. The quantitative estimate of drug-likeness (QED) is 0.310. The monoisotopic (exact) mass is 438 g/mol. The number of para-hydroxylation sites is 2. The number of benzene rings is 3. The van der Waals surface area contributed by atoms with Crippen LogP contribution >= 0.6 is 11.3 Å². The van der Waals surface area contributed by atoms with E-state index in [0.717, 1.165) is 16.9 Å². The minimum Gasteiger partial charge on any atom is -0.497 e. The Bertz CT molecular complexity index is 1290. The minimum absolute atomic E-state index is 0.274. The molecule has 0 aliphatic carbocycles. The fourth-order valence-electron chi connectivity index (χ4n) is 3.05. The van der Waals surface area contributed by atoms with E-state index in [4.69, 9.17) is 23.4 Å². The number of esters is 1. The van der Waals surface area contributed by atoms with Gasteiger partial charge in [-0.25, -0.2) is 9.59 Å². The SMILES string of the molecule is COc1cccc(-c2cc(OC(=O)COc3ccccc3OC)cc3sc(=O)oc23)c1. The molecule has 4 aromatic rings. The molecule has 0 aliphatic heterocycles. The molecule has 3 aromatic carbocycles. The molecule has 0 N–H and O–H groups in total. The summed E-state index contributed by atoms with van der Waals surface area (Å²) < 4.78 is 27.4. The highest BCUT2D eigenvalue weighted by Gasteiger charge is 2.16. The first-order valence-corrected chi connectivity index (χ1v) is 10.1. The number of methoxy groups -OCH3 is 2. The first kappa shape index (κ1) is 20.5. The van der Waals surface area contributed by atoms with Crippen molar-refractivity contribution in [1.29, 1.82) is 0 Å². The van der Waals surface area contributed by atoms with Crippen molar-refractivity contribution in [2.75, 3.05) is 20.8 Å². The average molecular weight is 438 g/mol. The van der Waals surface area contributed by atoms with E-state index in [2.05, 4.69) is 0 Å². The predicted octanol–water partition coefficient (Wildman–Crippen LogP) is 4.52. The Morgan fingerprint density at radius 1 is 0.935 bits per heavy atom. The summed E-state index contributed by atoms with van der Waals surface area (Å²) in [6, 6.07) is 17.5. The van der Waals surface area contributed by atoms with Crippen LogP contribution in [0.5, 0.6) is 23.0 Å². The van der Waals surface area contributed by atoms with E-state index in [9.17, 15) is 9.59 Å². The van der Waals surface area contributed by atoms with E-state index in [1.165, 1.54) is 7.11 Å². The fraction of sp³-hybridized carbons (Fsp3) is 0.130. The summed E-state index contributed by atoms with van der Waals surface area (Å²) in [6.45, 7) is -0.311. The van der Waals surface area contributed by atoms with Gasteiger partial charge in [-0.1, -0.05) is 35.6 Å². The molecule has 0 spiro atoms. The van der Waals surface area contributed by atoms with Gasteiger partial charge in [0.15, 0.2) is 23.7 Å². The number of ether oxygens (including phenoxy) is 4. The molecule has 0 fully saturated rings. The Labute approximate surface area is 181 Å². The Morgan fingerprint density at radius 3 is 2.52 bits per heavy atom. The Morgan fingerprint density at radius 2 is 1.74 bits per heavy atom. The van der Waals surface area contributed by atoms with E-state index in [-0.39, 0.29) is 12.4 Å². The predicted molar refractivity (Wildman–Crippen MR) is 116 cm³/mol. The summed E-state index contributed by atoms with van der Waals surface area (Å²) in [4.78, 5) is 23.8. The van der Waals surface area contributed by atoms with Crippen LogP contribution in [0.1, 0.15) is 0 Å². The van der Waals surface area contributed by atoms with Crippen LogP contribution in [-0.2, 0) is 4.79 Å². The van der Waals surface area contributed by atoms with Gasteiger partial charge in [-0.05, 0) is 35.9 Å². The second kappa shape index (κ2) is 8.93. The molecule has 1 heterocycles. The van der Waals surface area contributed by atoms with Crippen LogP contribution in [0, 0.1) is 0 Å². The number of carbonyl (C=O) groups excluding carboxylic acids is 1. The molecule has 0 unspecified atom stereocenters. The summed E-state index contributed by atoms with van der Waals surface area (Å²) in [7, 11) is 3.09. The standard InChI is InChI=1S/C23H18O7S/c1-26-15-7-5-6-14(10-15)17-11-16(12-20-22(17)30-23(25)31-20)29-21(24)13-28-19-9-4-3-8-18(19)27-2/h3-12H,13H2,1-2H3. The Balaban J connectivity index is 1.60. The number of hydrogen-bond acceptors (Lipinski definition) is 8. The molecule has 0 bridgehead atoms. The molecule has 0 saturated heterocycles. The third-order valence-electron chi connectivity index (χ3n) is 4.43. The van der Waals surface area contributed by atoms with Crippen LogP contribution in [0.25, 0.3) is 21.4 Å². The summed E-state index contributed by atoms with van der Waals surface area (Å²) >= 11 is 0.935. The van der Waals surface area contributed by atoms with Gasteiger partial charge in [-0.3, -0.25) is 0 Å². The lowest BCUT2D eigenvalue weighted by atomic mass is 10.0. The maximum Gasteiger partial charge on any atom is 0.396 e. The second-order valence-electron chi connectivity index (χ2n) is 6.40. The zero-order valence-electron chi connectivity index (χ0n) is 16.7. The first-order valence-electron chi connectivity index (χ1n) is 9.26. The average Bonchev–Trinajstić information content (AvgIpc) is 3.17. The van der Waals surface area contributed by atoms with E-state index in [1.54, 1.807) is 43.5 Å². The second-order valence-corrected chi connectivity index (χ2v) is 7.38. The lowest BCUT2D eigenvalue weighted by Crippen LogP contribution is -2.18. The van der Waals surface area contributed by atoms with Crippen LogP contribution in [0.4, 0.5) is 0 Å². The van der Waals surface area contributed by atoms with Crippen molar-refractivity contribution in [3.05, 3.63) is 70.4 Å². The van der Waals surface area contributed by atoms with Gasteiger partial charge in [0.2, 0.25) is 0 Å². The van der Waals surface area contributed by atoms with Gasteiger partial charge in [-0.2, -0.15) is 0 Å². The van der Waals surface area contributed by atoms with E-state index < -0.39 is 10.9 Å². The van der Waals surface area contributed by atoms with Gasteiger partial charge in [0.05, 0.1) is 18.9 Å². The third-order valence-corrected chi connectivity index (χ3v) is 5.21. The molecule has 0 amide bonds. The molecular weight excluding hydrogens is 420 g/mol. The van der Waals surface area contributed by atoms with Crippen molar-refractivity contribution in [1.82, 2.24) is 0 Å². The van der Waals surface area contributed by atoms with Crippen molar-refractivity contribution in [3.63, 3.8) is 0 Å². The summed E-state index contributed by atoms with van der Waals surface area (Å²) in [5, 5.41) is 0. The lowest BCUT2D eigenvalue weighted by molar-refractivity contribution is -0.136. The molecule has 7 nitrogen and oxygen atoms in total. The van der Waals surface area contributed by atoms with Gasteiger partial charge < -0.3 is 23.4 Å². The Kier molecular flexibility index (Phi) is 5.90. The van der Waals surface area contributed by atoms with E-state index in [0.29, 0.717) is 33.1 Å². The molecule has 0 aliphatic rings. The number of rotatable bonds is 7. The molecule has 8 heteroatoms. The molecule has 4 rings (SSSR count). The summed E-state index contributed by atoms with van der Waals surface area (Å²) in [5.74, 6) is 1.27. The van der Waals surface area contributed by atoms with E-state index >= 15 is 0 Å². The van der Waals surface area contributed by atoms with Crippen molar-refractivity contribution >= 4 is 27.6 Å². The van der Waals surface area contributed by atoms with Crippen LogP contribution < -0.4 is 23.9 Å². The molecule has 0 radical (unpaired) electrons. The van der Waals surface area contributed by atoms with Crippen LogP contribution in [0.15, 0.2) is 69.9 Å². The summed E-state index contributed by atoms with van der Waals surface area (Å²) in [6.07, 6.45) is 0. The van der Waals surface area contributed by atoms with E-state index in [1.807, 2.05) is 24.3 Å². The zero-order valence-corrected chi connectivity index (χ0v) is 17.6. The van der Waals surface area contributed by atoms with Gasteiger partial charge >= 0.3 is 10.9 Å². The molecule has 0 saturated carbocycles. The number of hydrogen-bond donors (Lipinski definition) is 0. The number of carbonyl (C=O) groups is 1. The van der Waals surface area contributed by atoms with Crippen LogP contribution in [-0.4, -0.2) is 26.8 Å². The van der Waals surface area contributed by atoms with Crippen molar-refractivity contribution in [3.8, 4) is 34.1 Å². The normalized spacial score (nSPS) is 10.6. The van der Waals surface area contributed by atoms with Crippen molar-refractivity contribution in [2.45, 2.75) is 0 Å². The zero-order chi connectivity index (χ0) is 21.8. The van der Waals surface area contributed by atoms with Crippen molar-refractivity contribution < 1.29 is 28.2 Å². The number of fused-ring (bicyclic) bond motifs is 1. The van der Waals surface area contributed by atoms with Gasteiger partial charge in [0, 0.05) is 11.6 Å². The highest BCUT2D eigenvalue weighted by molar-refractivity contribution is 7.16. The van der Waals surface area contributed by atoms with Crippen LogP contribution in [0.3, 0.4) is 0 Å². The van der Waals surface area contributed by atoms with Crippen molar-refractivity contribution in [2.24, 2.45) is 0 Å². The Hall–Kier alpha value is -3.78. The molecule has 1 aromatic heterocycles. The highest BCUT2D eigenvalue weighted by Crippen LogP contribution is 2.35. The lowest BCUT2D eigenvalue weighted by Gasteiger charge is -2.11. The topological polar surface area (TPSA) is 84.2 Å². The first-order chi connectivity index (χ1) is 15.1. The molecule has 158 valence electrons. The third kappa shape index (κ3) is 4.54. The summed E-state index contributed by atoms with van der Waals surface area (Å²) in [5.41, 5.74) is 1.80. The molecular formula is C23H18O7S. The smallest absolute Gasteiger partial charge is 0.396 e. The van der Waals surface area contributed by atoms with Gasteiger partial charge in [0.25, 0.3) is 0 Å². The maximum absolute atomic E-state index is 12.4. The maximum atomic E-state index is 12.4. The highest BCUT2D eigenvalue weighted by atomic mass is 32.1. The molecule has 31 heavy (non-hydrogen) atoms. The van der Waals surface area contributed by atoms with Gasteiger partial charge in [-0.15, -0.1) is 0 Å².